The van der Waals surface area contributed by atoms with Gasteiger partial charge in [-0.3, -0.25) is 4.72 Å². The first-order chi connectivity index (χ1) is 19.2. The topological polar surface area (TPSA) is 87.5 Å². The van der Waals surface area contributed by atoms with Crippen LogP contribution in [0, 0.1) is 6.92 Å². The number of nitrogens with one attached hydrogen (secondary N) is 1. The van der Waals surface area contributed by atoms with Gasteiger partial charge in [0.25, 0.3) is 0 Å². The second kappa shape index (κ2) is 10.4. The highest BCUT2D eigenvalue weighted by Gasteiger charge is 2.32. The van der Waals surface area contributed by atoms with E-state index in [0.717, 1.165) is 45.3 Å². The molecule has 2 heterocycles. The van der Waals surface area contributed by atoms with Gasteiger partial charge in [-0.2, -0.15) is 5.10 Å². The van der Waals surface area contributed by atoms with Crippen LogP contribution in [-0.2, 0) is 10.0 Å². The van der Waals surface area contributed by atoms with Crippen molar-refractivity contribution in [2.24, 2.45) is 5.10 Å². The number of nitrogens with zero attached hydrogens (tertiary/aromatic N) is 4. The zero-order chi connectivity index (χ0) is 27.9. The molecule has 40 heavy (non-hydrogen) atoms. The van der Waals surface area contributed by atoms with Crippen LogP contribution in [0.4, 0.5) is 11.6 Å². The third-order valence-electron chi connectivity index (χ3n) is 6.77. The number of sulfonamides is 1. The predicted octanol–water partition coefficient (Wildman–Crippen LogP) is 6.99. The Morgan fingerprint density at radius 1 is 0.875 bits per heavy atom. The summed E-state index contributed by atoms with van der Waals surface area (Å²) in [6.45, 7) is 2.06. The van der Waals surface area contributed by atoms with Crippen molar-refractivity contribution in [3.8, 4) is 11.3 Å². The molecular formula is C31H26ClN5O2S. The summed E-state index contributed by atoms with van der Waals surface area (Å²) >= 11 is 6.37. The predicted molar refractivity (Wildman–Crippen MR) is 162 cm³/mol. The van der Waals surface area contributed by atoms with Crippen LogP contribution in [0.3, 0.4) is 0 Å². The van der Waals surface area contributed by atoms with Crippen molar-refractivity contribution in [1.82, 2.24) is 9.97 Å². The molecule has 9 heteroatoms. The maximum Gasteiger partial charge on any atom is 0.247 e. The van der Waals surface area contributed by atoms with E-state index in [4.69, 9.17) is 26.7 Å². The van der Waals surface area contributed by atoms with Crippen LogP contribution in [0.5, 0.6) is 0 Å². The molecule has 0 amide bonds. The smallest absolute Gasteiger partial charge is 0.247 e. The molecule has 1 aliphatic rings. The minimum absolute atomic E-state index is 0.157. The van der Waals surface area contributed by atoms with Crippen molar-refractivity contribution < 1.29 is 8.42 Å². The van der Waals surface area contributed by atoms with Gasteiger partial charge in [0, 0.05) is 28.1 Å². The van der Waals surface area contributed by atoms with Gasteiger partial charge in [-0.25, -0.2) is 23.4 Å². The van der Waals surface area contributed by atoms with Gasteiger partial charge in [0.2, 0.25) is 16.0 Å². The number of aryl methyl sites for hydroxylation is 1. The summed E-state index contributed by atoms with van der Waals surface area (Å²) in [6, 6.07) is 31.1. The first-order valence-electron chi connectivity index (χ1n) is 12.8. The van der Waals surface area contributed by atoms with Gasteiger partial charge in [-0.15, -0.1) is 0 Å². The van der Waals surface area contributed by atoms with Crippen molar-refractivity contribution in [1.29, 1.82) is 0 Å². The third kappa shape index (κ3) is 5.41. The second-order valence-corrected chi connectivity index (χ2v) is 12.1. The standard InChI is InChI=1S/C31H26ClN5O2S/c1-20-11-13-21(14-12-20)29-19-28(23-9-6-10-25(17-23)36-40(2,38)39)35-37(29)31-33-27-16-15-24(32)18-26(27)30(34-31)22-7-4-3-5-8-22/h3-18,29,36H,19H2,1-2H3. The summed E-state index contributed by atoms with van der Waals surface area (Å²) in [5.41, 5.74) is 6.85. The van der Waals surface area contributed by atoms with Gasteiger partial charge in [0.1, 0.15) is 0 Å². The number of benzene rings is 4. The van der Waals surface area contributed by atoms with E-state index in [1.165, 1.54) is 5.56 Å². The Hall–Kier alpha value is -4.27. The Balaban J connectivity index is 1.50. The van der Waals surface area contributed by atoms with Crippen LogP contribution in [0.25, 0.3) is 22.2 Å². The minimum atomic E-state index is -3.41. The van der Waals surface area contributed by atoms with E-state index in [0.29, 0.717) is 23.1 Å². The average Bonchev–Trinajstić information content (AvgIpc) is 3.38. The molecule has 1 N–H and O–H groups in total. The third-order valence-corrected chi connectivity index (χ3v) is 7.61. The normalized spacial score (nSPS) is 15.3. The molecule has 1 aromatic heterocycles. The monoisotopic (exact) mass is 567 g/mol. The van der Waals surface area contributed by atoms with Crippen LogP contribution in [-0.4, -0.2) is 30.4 Å². The van der Waals surface area contributed by atoms with E-state index in [-0.39, 0.29) is 6.04 Å². The lowest BCUT2D eigenvalue weighted by molar-refractivity contribution is 0.607. The fourth-order valence-electron chi connectivity index (χ4n) is 4.90. The summed E-state index contributed by atoms with van der Waals surface area (Å²) in [4.78, 5) is 9.97. The highest BCUT2D eigenvalue weighted by Crippen LogP contribution is 2.38. The van der Waals surface area contributed by atoms with Crippen molar-refractivity contribution in [3.63, 3.8) is 0 Å². The molecule has 5 aromatic rings. The van der Waals surface area contributed by atoms with E-state index in [9.17, 15) is 8.42 Å². The summed E-state index contributed by atoms with van der Waals surface area (Å²) < 4.78 is 26.2. The van der Waals surface area contributed by atoms with E-state index >= 15 is 0 Å². The fourth-order valence-corrected chi connectivity index (χ4v) is 5.63. The second-order valence-electron chi connectivity index (χ2n) is 9.88. The number of aromatic nitrogens is 2. The summed E-state index contributed by atoms with van der Waals surface area (Å²) in [5, 5.41) is 8.37. The maximum absolute atomic E-state index is 11.8. The van der Waals surface area contributed by atoms with Crippen LogP contribution < -0.4 is 9.73 Å². The van der Waals surface area contributed by atoms with Crippen LogP contribution in [0.1, 0.15) is 29.2 Å². The van der Waals surface area contributed by atoms with Crippen molar-refractivity contribution in [3.05, 3.63) is 119 Å². The number of hydrogen-bond acceptors (Lipinski definition) is 6. The molecule has 0 bridgehead atoms. The Labute approximate surface area is 238 Å². The Bertz CT molecular complexity index is 1860. The van der Waals surface area contributed by atoms with Crippen molar-refractivity contribution in [2.75, 3.05) is 16.0 Å². The van der Waals surface area contributed by atoms with E-state index < -0.39 is 10.0 Å². The van der Waals surface area contributed by atoms with Gasteiger partial charge >= 0.3 is 0 Å². The lowest BCUT2D eigenvalue weighted by Gasteiger charge is -2.23. The fraction of sp³-hybridized carbons (Fsp3) is 0.129. The number of anilines is 2. The molecule has 1 unspecified atom stereocenters. The first-order valence-corrected chi connectivity index (χ1v) is 15.0. The number of rotatable bonds is 6. The Kier molecular flexibility index (Phi) is 6.73. The lowest BCUT2D eigenvalue weighted by Crippen LogP contribution is -2.21. The SMILES string of the molecule is Cc1ccc(C2CC(c3cccc(NS(C)(=O)=O)c3)=NN2c2nc(-c3ccccc3)c3cc(Cl)ccc3n2)cc1. The number of halogens is 1. The molecule has 4 aromatic carbocycles. The van der Waals surface area contributed by atoms with E-state index in [1.807, 2.05) is 65.7 Å². The van der Waals surface area contributed by atoms with Crippen LogP contribution in [0.15, 0.2) is 102 Å². The summed E-state index contributed by atoms with van der Waals surface area (Å²) in [5.74, 6) is 0.472. The highest BCUT2D eigenvalue weighted by molar-refractivity contribution is 7.92. The molecule has 0 aliphatic carbocycles. The molecule has 0 saturated carbocycles. The molecule has 0 fully saturated rings. The number of fused-ring (bicyclic) bond motifs is 1. The van der Waals surface area contributed by atoms with Gasteiger partial charge in [0.15, 0.2) is 0 Å². The van der Waals surface area contributed by atoms with Gasteiger partial charge < -0.3 is 0 Å². The average molecular weight is 568 g/mol. The number of hydrogen-bond donors (Lipinski definition) is 1. The lowest BCUT2D eigenvalue weighted by atomic mass is 9.97. The molecule has 0 spiro atoms. The maximum atomic E-state index is 11.8. The quantitative estimate of drug-likeness (QED) is 0.239. The van der Waals surface area contributed by atoms with E-state index in [1.54, 1.807) is 12.1 Å². The largest absolute Gasteiger partial charge is 0.284 e. The minimum Gasteiger partial charge on any atom is -0.284 e. The van der Waals surface area contributed by atoms with Crippen LogP contribution in [0.2, 0.25) is 5.02 Å². The molecule has 1 atom stereocenters. The Morgan fingerprint density at radius 3 is 2.38 bits per heavy atom. The molecule has 1 aliphatic heterocycles. The van der Waals surface area contributed by atoms with E-state index in [2.05, 4.69) is 35.9 Å². The summed E-state index contributed by atoms with van der Waals surface area (Å²) in [6.07, 6.45) is 1.73. The zero-order valence-electron chi connectivity index (χ0n) is 21.9. The molecular weight excluding hydrogens is 542 g/mol. The molecule has 7 nitrogen and oxygen atoms in total. The zero-order valence-corrected chi connectivity index (χ0v) is 23.5. The van der Waals surface area contributed by atoms with Gasteiger partial charge in [-0.05, 0) is 48.4 Å². The van der Waals surface area contributed by atoms with Crippen LogP contribution >= 0.6 is 11.6 Å². The molecule has 200 valence electrons. The summed E-state index contributed by atoms with van der Waals surface area (Å²) in [7, 11) is -3.41. The molecule has 0 radical (unpaired) electrons. The highest BCUT2D eigenvalue weighted by atomic mass is 35.5. The van der Waals surface area contributed by atoms with Gasteiger partial charge in [0.05, 0.1) is 29.2 Å². The van der Waals surface area contributed by atoms with Crippen molar-refractivity contribution in [2.45, 2.75) is 19.4 Å². The molecule has 6 rings (SSSR count). The molecule has 0 saturated heterocycles. The van der Waals surface area contributed by atoms with Gasteiger partial charge in [-0.1, -0.05) is 83.9 Å². The number of hydrazone groups is 1. The first kappa shape index (κ1) is 26.0. The Morgan fingerprint density at radius 2 is 1.62 bits per heavy atom. The van der Waals surface area contributed by atoms with Crippen molar-refractivity contribution >= 4 is 49.9 Å².